The van der Waals surface area contributed by atoms with Crippen LogP contribution in [0.2, 0.25) is 0 Å². The number of benzene rings is 2. The fourth-order valence-corrected chi connectivity index (χ4v) is 3.73. The van der Waals surface area contributed by atoms with Gasteiger partial charge in [0.15, 0.2) is 0 Å². The topological polar surface area (TPSA) is 78.1 Å². The first-order chi connectivity index (χ1) is 14.5. The number of carbonyl (C=O) groups excluding carboxylic acids is 2. The molecule has 2 aromatic carbocycles. The highest BCUT2D eigenvalue weighted by molar-refractivity contribution is 5.95. The van der Waals surface area contributed by atoms with Gasteiger partial charge < -0.3 is 15.2 Å². The number of nitrogens with zero attached hydrogens (tertiary/aromatic N) is 2. The Hall–Kier alpha value is -3.41. The van der Waals surface area contributed by atoms with Crippen molar-refractivity contribution in [1.82, 2.24) is 15.3 Å². The third kappa shape index (κ3) is 4.27. The predicted molar refractivity (Wildman–Crippen MR) is 119 cm³/mol. The fraction of sp³-hybridized carbons (Fsp3) is 0.292. The van der Waals surface area contributed by atoms with Crippen molar-refractivity contribution in [3.63, 3.8) is 0 Å². The van der Waals surface area contributed by atoms with Crippen LogP contribution < -0.4 is 10.2 Å². The first-order valence-corrected chi connectivity index (χ1v) is 10.3. The molecule has 2 N–H and O–H groups in total. The molecule has 3 aromatic rings. The predicted octanol–water partition coefficient (Wildman–Crippen LogP) is 4.22. The lowest BCUT2D eigenvalue weighted by Gasteiger charge is -2.19. The number of para-hydroxylation sites is 2. The molecule has 1 saturated heterocycles. The Bertz CT molecular complexity index is 1050. The van der Waals surface area contributed by atoms with Crippen LogP contribution in [0.4, 0.5) is 5.69 Å². The molecular weight excluding hydrogens is 376 g/mol. The number of aromatic amines is 1. The Morgan fingerprint density at radius 2 is 1.93 bits per heavy atom. The zero-order chi connectivity index (χ0) is 21.1. The van der Waals surface area contributed by atoms with Gasteiger partial charge in [0, 0.05) is 24.7 Å². The number of rotatable bonds is 6. The van der Waals surface area contributed by atoms with Crippen molar-refractivity contribution < 1.29 is 9.59 Å². The quantitative estimate of drug-likeness (QED) is 0.606. The number of aromatic nitrogens is 2. The summed E-state index contributed by atoms with van der Waals surface area (Å²) in [5.74, 6) is 0.934. The maximum Gasteiger partial charge on any atom is 0.244 e. The Kier molecular flexibility index (Phi) is 5.65. The van der Waals surface area contributed by atoms with E-state index in [0.29, 0.717) is 6.42 Å². The van der Waals surface area contributed by atoms with Gasteiger partial charge in [-0.05, 0) is 48.2 Å². The van der Waals surface area contributed by atoms with Crippen LogP contribution in [0.15, 0.2) is 54.6 Å². The molecule has 2 heterocycles. The third-order valence-electron chi connectivity index (χ3n) is 5.37. The number of nitrogens with one attached hydrogen (secondary N) is 2. The second-order valence-electron chi connectivity index (χ2n) is 7.94. The van der Waals surface area contributed by atoms with Crippen LogP contribution in [0, 0.1) is 5.92 Å². The average molecular weight is 402 g/mol. The molecule has 0 spiro atoms. The SMILES string of the molecule is CC(C)C(NC(=O)/C=C/c1ccc(N2CCCC2=O)cc1)c1nc2ccccc2[nH]1. The lowest BCUT2D eigenvalue weighted by Crippen LogP contribution is -2.31. The number of fused-ring (bicyclic) bond motifs is 1. The summed E-state index contributed by atoms with van der Waals surface area (Å²) >= 11 is 0. The molecule has 1 aliphatic rings. The van der Waals surface area contributed by atoms with Gasteiger partial charge in [-0.1, -0.05) is 38.1 Å². The van der Waals surface area contributed by atoms with Crippen molar-refractivity contribution in [3.8, 4) is 0 Å². The highest BCUT2D eigenvalue weighted by Crippen LogP contribution is 2.23. The van der Waals surface area contributed by atoms with Crippen molar-refractivity contribution in [2.75, 3.05) is 11.4 Å². The van der Waals surface area contributed by atoms with Crippen molar-refractivity contribution in [3.05, 3.63) is 66.0 Å². The Morgan fingerprint density at radius 3 is 2.60 bits per heavy atom. The van der Waals surface area contributed by atoms with E-state index in [1.807, 2.05) is 48.5 Å². The van der Waals surface area contributed by atoms with E-state index in [-0.39, 0.29) is 23.8 Å². The maximum absolute atomic E-state index is 12.5. The molecular formula is C24H26N4O2. The van der Waals surface area contributed by atoms with Gasteiger partial charge in [0.05, 0.1) is 17.1 Å². The van der Waals surface area contributed by atoms with Gasteiger partial charge in [0.1, 0.15) is 5.82 Å². The third-order valence-corrected chi connectivity index (χ3v) is 5.37. The molecule has 6 heteroatoms. The summed E-state index contributed by atoms with van der Waals surface area (Å²) in [5, 5.41) is 3.05. The van der Waals surface area contributed by atoms with E-state index in [1.54, 1.807) is 11.0 Å². The lowest BCUT2D eigenvalue weighted by molar-refractivity contribution is -0.118. The molecule has 0 saturated carbocycles. The number of H-pyrrole nitrogens is 1. The van der Waals surface area contributed by atoms with Crippen molar-refractivity contribution >= 4 is 34.6 Å². The molecule has 0 radical (unpaired) electrons. The number of hydrogen-bond donors (Lipinski definition) is 2. The average Bonchev–Trinajstić information content (AvgIpc) is 3.36. The van der Waals surface area contributed by atoms with Gasteiger partial charge in [-0.2, -0.15) is 0 Å². The molecule has 1 fully saturated rings. The van der Waals surface area contributed by atoms with Crippen LogP contribution in [-0.2, 0) is 9.59 Å². The summed E-state index contributed by atoms with van der Waals surface area (Å²) in [5.41, 5.74) is 3.66. The lowest BCUT2D eigenvalue weighted by atomic mass is 10.0. The van der Waals surface area contributed by atoms with Crippen molar-refractivity contribution in [2.45, 2.75) is 32.7 Å². The number of hydrogen-bond acceptors (Lipinski definition) is 3. The summed E-state index contributed by atoms with van der Waals surface area (Å²) in [6.45, 7) is 4.88. The molecule has 2 amide bonds. The number of anilines is 1. The monoisotopic (exact) mass is 402 g/mol. The molecule has 0 bridgehead atoms. The van der Waals surface area contributed by atoms with Crippen LogP contribution in [0.25, 0.3) is 17.1 Å². The summed E-state index contributed by atoms with van der Waals surface area (Å²) in [4.78, 5) is 34.2. The summed E-state index contributed by atoms with van der Waals surface area (Å²) in [6.07, 6.45) is 4.84. The minimum absolute atomic E-state index is 0.169. The first-order valence-electron chi connectivity index (χ1n) is 10.3. The van der Waals surface area contributed by atoms with E-state index in [0.717, 1.165) is 41.1 Å². The van der Waals surface area contributed by atoms with Crippen LogP contribution in [-0.4, -0.2) is 28.3 Å². The van der Waals surface area contributed by atoms with E-state index in [1.165, 1.54) is 6.08 Å². The maximum atomic E-state index is 12.5. The Balaban J connectivity index is 1.43. The van der Waals surface area contributed by atoms with Crippen molar-refractivity contribution in [1.29, 1.82) is 0 Å². The summed E-state index contributed by atoms with van der Waals surface area (Å²) in [7, 11) is 0. The van der Waals surface area contributed by atoms with E-state index in [2.05, 4.69) is 29.1 Å². The smallest absolute Gasteiger partial charge is 0.244 e. The van der Waals surface area contributed by atoms with Crippen LogP contribution in [0.1, 0.15) is 44.1 Å². The molecule has 4 rings (SSSR count). The number of carbonyl (C=O) groups is 2. The first kappa shape index (κ1) is 19.9. The zero-order valence-corrected chi connectivity index (χ0v) is 17.3. The van der Waals surface area contributed by atoms with Gasteiger partial charge in [0.2, 0.25) is 11.8 Å². The van der Waals surface area contributed by atoms with Gasteiger partial charge in [-0.25, -0.2) is 4.98 Å². The molecule has 6 nitrogen and oxygen atoms in total. The van der Waals surface area contributed by atoms with Crippen LogP contribution in [0.5, 0.6) is 0 Å². The van der Waals surface area contributed by atoms with Crippen LogP contribution >= 0.6 is 0 Å². The highest BCUT2D eigenvalue weighted by atomic mass is 16.2. The summed E-state index contributed by atoms with van der Waals surface area (Å²) < 4.78 is 0. The Morgan fingerprint density at radius 1 is 1.17 bits per heavy atom. The van der Waals surface area contributed by atoms with Crippen LogP contribution in [0.3, 0.4) is 0 Å². The second kappa shape index (κ2) is 8.53. The fourth-order valence-electron chi connectivity index (χ4n) is 3.73. The molecule has 1 aliphatic heterocycles. The number of imidazole rings is 1. The molecule has 30 heavy (non-hydrogen) atoms. The van der Waals surface area contributed by atoms with Gasteiger partial charge in [-0.15, -0.1) is 0 Å². The molecule has 154 valence electrons. The standard InChI is InChI=1S/C24H26N4O2/c1-16(2)23(24-25-19-6-3-4-7-20(19)26-24)27-21(29)14-11-17-9-12-18(13-10-17)28-15-5-8-22(28)30/h3-4,6-7,9-14,16,23H,5,8,15H2,1-2H3,(H,25,26)(H,27,29)/b14-11+. The summed E-state index contributed by atoms with van der Waals surface area (Å²) in [6, 6.07) is 15.3. The zero-order valence-electron chi connectivity index (χ0n) is 17.3. The van der Waals surface area contributed by atoms with Crippen molar-refractivity contribution in [2.24, 2.45) is 5.92 Å². The molecule has 1 atom stereocenters. The van der Waals surface area contributed by atoms with E-state index in [4.69, 9.17) is 0 Å². The minimum atomic E-state index is -0.210. The normalized spacial score (nSPS) is 15.4. The molecule has 1 unspecified atom stereocenters. The van der Waals surface area contributed by atoms with E-state index in [9.17, 15) is 9.59 Å². The van der Waals surface area contributed by atoms with Gasteiger partial charge >= 0.3 is 0 Å². The van der Waals surface area contributed by atoms with E-state index < -0.39 is 0 Å². The number of amides is 2. The van der Waals surface area contributed by atoms with E-state index >= 15 is 0 Å². The molecule has 1 aromatic heterocycles. The minimum Gasteiger partial charge on any atom is -0.342 e. The highest BCUT2D eigenvalue weighted by Gasteiger charge is 2.22. The van der Waals surface area contributed by atoms with Gasteiger partial charge in [-0.3, -0.25) is 9.59 Å². The molecule has 0 aliphatic carbocycles. The Labute approximate surface area is 176 Å². The van der Waals surface area contributed by atoms with Gasteiger partial charge in [0.25, 0.3) is 0 Å². The second-order valence-corrected chi connectivity index (χ2v) is 7.94. The largest absolute Gasteiger partial charge is 0.342 e.